The molecule has 0 fully saturated rings. The van der Waals surface area contributed by atoms with Crippen molar-refractivity contribution in [3.05, 3.63) is 47.0 Å². The largest absolute Gasteiger partial charge is 0.508 e. The van der Waals surface area contributed by atoms with Crippen LogP contribution in [-0.4, -0.2) is 10.2 Å². The minimum Gasteiger partial charge on any atom is -0.508 e. The molecule has 0 atom stereocenters. The van der Waals surface area contributed by atoms with Crippen molar-refractivity contribution in [2.24, 2.45) is 0 Å². The summed E-state index contributed by atoms with van der Waals surface area (Å²) in [6, 6.07) is 8.92. The van der Waals surface area contributed by atoms with Gasteiger partial charge in [0.05, 0.1) is 0 Å². The van der Waals surface area contributed by atoms with Crippen LogP contribution in [0.5, 0.6) is 11.5 Å². The van der Waals surface area contributed by atoms with Crippen molar-refractivity contribution in [2.75, 3.05) is 0 Å². The van der Waals surface area contributed by atoms with Crippen LogP contribution in [-0.2, 0) is 0 Å². The van der Waals surface area contributed by atoms with Gasteiger partial charge in [0.1, 0.15) is 11.5 Å². The van der Waals surface area contributed by atoms with Gasteiger partial charge in [-0.25, -0.2) is 0 Å². The van der Waals surface area contributed by atoms with Crippen LogP contribution in [0.3, 0.4) is 0 Å². The highest BCUT2D eigenvalue weighted by atomic mass is 16.3. The van der Waals surface area contributed by atoms with Crippen LogP contribution in [0.4, 0.5) is 0 Å². The van der Waals surface area contributed by atoms with E-state index in [1.54, 1.807) is 18.2 Å². The minimum atomic E-state index is 0.223. The number of aromatic hydroxyl groups is 2. The van der Waals surface area contributed by atoms with Gasteiger partial charge in [-0.3, -0.25) is 0 Å². The van der Waals surface area contributed by atoms with E-state index in [2.05, 4.69) is 0 Å². The number of phenols is 2. The summed E-state index contributed by atoms with van der Waals surface area (Å²) in [6.45, 7) is 5.91. The zero-order valence-corrected chi connectivity index (χ0v) is 10.3. The van der Waals surface area contributed by atoms with E-state index in [0.29, 0.717) is 0 Å². The quantitative estimate of drug-likeness (QED) is 0.781. The fraction of sp³-hybridized carbons (Fsp3) is 0.200. The van der Waals surface area contributed by atoms with Gasteiger partial charge in [0.15, 0.2) is 0 Å². The second-order valence-corrected chi connectivity index (χ2v) is 4.46. The minimum absolute atomic E-state index is 0.223. The third kappa shape index (κ3) is 2.11. The third-order valence-corrected chi connectivity index (χ3v) is 3.06. The molecule has 0 heterocycles. The SMILES string of the molecule is Cc1cc(O)cc(-c2c(O)ccc(C)c2C)c1. The molecule has 0 bridgehead atoms. The number of phenolic OH excluding ortho intramolecular Hbond substituents is 2. The van der Waals surface area contributed by atoms with Crippen molar-refractivity contribution < 1.29 is 10.2 Å². The molecule has 0 spiro atoms. The summed E-state index contributed by atoms with van der Waals surface area (Å²) in [7, 11) is 0. The second kappa shape index (κ2) is 4.13. The molecule has 0 saturated carbocycles. The molecule has 17 heavy (non-hydrogen) atoms. The topological polar surface area (TPSA) is 40.5 Å². The number of rotatable bonds is 1. The molecule has 2 rings (SSSR count). The fourth-order valence-electron chi connectivity index (χ4n) is 2.07. The Balaban J connectivity index is 2.72. The number of hydrogen-bond acceptors (Lipinski definition) is 2. The summed E-state index contributed by atoms with van der Waals surface area (Å²) in [5.74, 6) is 0.471. The standard InChI is InChI=1S/C15H16O2/c1-9-6-12(8-13(16)7-9)15-11(3)10(2)4-5-14(15)17/h4-8,16-17H,1-3H3. The van der Waals surface area contributed by atoms with E-state index < -0.39 is 0 Å². The Hall–Kier alpha value is -1.96. The number of benzene rings is 2. The van der Waals surface area contributed by atoms with Gasteiger partial charge >= 0.3 is 0 Å². The van der Waals surface area contributed by atoms with Crippen molar-refractivity contribution in [1.82, 2.24) is 0 Å². The van der Waals surface area contributed by atoms with E-state index in [-0.39, 0.29) is 11.5 Å². The lowest BCUT2D eigenvalue weighted by molar-refractivity contribution is 0.473. The molecule has 2 heteroatoms. The van der Waals surface area contributed by atoms with Crippen LogP contribution in [0.1, 0.15) is 16.7 Å². The summed E-state index contributed by atoms with van der Waals surface area (Å²) in [5, 5.41) is 19.6. The van der Waals surface area contributed by atoms with Crippen LogP contribution in [0.25, 0.3) is 11.1 Å². The van der Waals surface area contributed by atoms with E-state index in [4.69, 9.17) is 0 Å². The molecule has 0 aliphatic heterocycles. The molecule has 0 unspecified atom stereocenters. The van der Waals surface area contributed by atoms with Gasteiger partial charge in [-0.1, -0.05) is 12.1 Å². The molecule has 2 aromatic rings. The van der Waals surface area contributed by atoms with Crippen LogP contribution >= 0.6 is 0 Å². The molecule has 0 radical (unpaired) electrons. The van der Waals surface area contributed by atoms with Crippen LogP contribution in [0.15, 0.2) is 30.3 Å². The molecular weight excluding hydrogens is 212 g/mol. The van der Waals surface area contributed by atoms with Crippen LogP contribution in [0.2, 0.25) is 0 Å². The first kappa shape index (κ1) is 11.5. The molecule has 0 aliphatic rings. The lowest BCUT2D eigenvalue weighted by Crippen LogP contribution is -1.89. The Bertz CT molecular complexity index is 551. The first-order chi connectivity index (χ1) is 7.99. The first-order valence-corrected chi connectivity index (χ1v) is 5.59. The predicted octanol–water partition coefficient (Wildman–Crippen LogP) is 3.69. The zero-order valence-electron chi connectivity index (χ0n) is 10.3. The van der Waals surface area contributed by atoms with Gasteiger partial charge in [-0.2, -0.15) is 0 Å². The van der Waals surface area contributed by atoms with Crippen LogP contribution in [0, 0.1) is 20.8 Å². The number of aryl methyl sites for hydroxylation is 2. The maximum atomic E-state index is 9.97. The molecule has 0 saturated heterocycles. The second-order valence-electron chi connectivity index (χ2n) is 4.46. The maximum Gasteiger partial charge on any atom is 0.123 e. The third-order valence-electron chi connectivity index (χ3n) is 3.06. The monoisotopic (exact) mass is 228 g/mol. The average molecular weight is 228 g/mol. The van der Waals surface area contributed by atoms with Crippen molar-refractivity contribution in [3.8, 4) is 22.6 Å². The van der Waals surface area contributed by atoms with Gasteiger partial charge in [-0.05, 0) is 61.2 Å². The highest BCUT2D eigenvalue weighted by Crippen LogP contribution is 2.35. The molecule has 2 nitrogen and oxygen atoms in total. The van der Waals surface area contributed by atoms with E-state index >= 15 is 0 Å². The Morgan fingerprint density at radius 1 is 0.882 bits per heavy atom. The summed E-state index contributed by atoms with van der Waals surface area (Å²) in [5.41, 5.74) is 4.78. The fourth-order valence-corrected chi connectivity index (χ4v) is 2.07. The van der Waals surface area contributed by atoms with E-state index in [9.17, 15) is 10.2 Å². The highest BCUT2D eigenvalue weighted by molar-refractivity contribution is 5.76. The molecule has 0 amide bonds. The van der Waals surface area contributed by atoms with Gasteiger partial charge < -0.3 is 10.2 Å². The van der Waals surface area contributed by atoms with Gasteiger partial charge in [0.25, 0.3) is 0 Å². The molecular formula is C15H16O2. The molecule has 0 aliphatic carbocycles. The van der Waals surface area contributed by atoms with Gasteiger partial charge in [0.2, 0.25) is 0 Å². The molecule has 2 N–H and O–H groups in total. The summed E-state index contributed by atoms with van der Waals surface area (Å²) >= 11 is 0. The van der Waals surface area contributed by atoms with E-state index in [1.165, 1.54) is 0 Å². The summed E-state index contributed by atoms with van der Waals surface area (Å²) in [4.78, 5) is 0. The lowest BCUT2D eigenvalue weighted by Gasteiger charge is -2.12. The van der Waals surface area contributed by atoms with Crippen molar-refractivity contribution in [1.29, 1.82) is 0 Å². The maximum absolute atomic E-state index is 9.97. The van der Waals surface area contributed by atoms with Gasteiger partial charge in [0, 0.05) is 5.56 Å². The normalized spacial score (nSPS) is 10.5. The molecule has 2 aromatic carbocycles. The lowest BCUT2D eigenvalue weighted by atomic mass is 9.95. The Kier molecular flexibility index (Phi) is 2.80. The Labute approximate surface area is 101 Å². The van der Waals surface area contributed by atoms with Crippen molar-refractivity contribution in [2.45, 2.75) is 20.8 Å². The zero-order chi connectivity index (χ0) is 12.6. The van der Waals surface area contributed by atoms with E-state index in [0.717, 1.165) is 27.8 Å². The van der Waals surface area contributed by atoms with Crippen LogP contribution < -0.4 is 0 Å². The van der Waals surface area contributed by atoms with Gasteiger partial charge in [-0.15, -0.1) is 0 Å². The molecule has 0 aromatic heterocycles. The Morgan fingerprint density at radius 3 is 2.24 bits per heavy atom. The summed E-state index contributed by atoms with van der Waals surface area (Å²) < 4.78 is 0. The first-order valence-electron chi connectivity index (χ1n) is 5.59. The number of hydrogen-bond donors (Lipinski definition) is 2. The van der Waals surface area contributed by atoms with Crippen molar-refractivity contribution in [3.63, 3.8) is 0 Å². The van der Waals surface area contributed by atoms with E-state index in [1.807, 2.05) is 32.9 Å². The smallest absolute Gasteiger partial charge is 0.123 e. The average Bonchev–Trinajstić information content (AvgIpc) is 2.23. The predicted molar refractivity (Wildman–Crippen MR) is 69.4 cm³/mol. The molecule has 88 valence electrons. The Morgan fingerprint density at radius 2 is 1.59 bits per heavy atom. The highest BCUT2D eigenvalue weighted by Gasteiger charge is 2.10. The summed E-state index contributed by atoms with van der Waals surface area (Å²) in [6.07, 6.45) is 0. The van der Waals surface area contributed by atoms with Crippen molar-refractivity contribution >= 4 is 0 Å².